The molecular formula is C31H44FN3O7. The maximum absolute atomic E-state index is 14.9. The van der Waals surface area contributed by atoms with Crippen LogP contribution in [0.2, 0.25) is 0 Å². The number of nitrogens with one attached hydrogen (secondary N) is 1. The number of amides is 3. The van der Waals surface area contributed by atoms with Crippen LogP contribution in [-0.4, -0.2) is 70.1 Å². The number of aliphatic hydroxyl groups is 2. The standard InChI is InChI=1S/C25H26FN3O7.3C2H6/c26-19-12-16(25(33,34)28-8-10-35-11-9-28)5-4-15(19)14-36-21-3-1-2-17-18(21)13-29(24(17)32)20-6-7-22(30)27-23(20)31;3*1-2/h1-5,12,20,33-34H,6-11,13-14H2,(H,27,30,31);3*1-2H3. The normalized spacial score (nSPS) is 18.4. The minimum absolute atomic E-state index is 0.00303. The zero-order valence-corrected chi connectivity index (χ0v) is 25.4. The average molecular weight is 590 g/mol. The zero-order chi connectivity index (χ0) is 31.4. The highest BCUT2D eigenvalue weighted by molar-refractivity contribution is 6.05. The van der Waals surface area contributed by atoms with E-state index in [2.05, 4.69) is 5.32 Å². The van der Waals surface area contributed by atoms with Gasteiger partial charge in [-0.3, -0.25) is 19.7 Å². The molecule has 3 amide bonds. The molecule has 2 saturated heterocycles. The molecule has 0 bridgehead atoms. The van der Waals surface area contributed by atoms with Gasteiger partial charge in [0.1, 0.15) is 24.2 Å². The van der Waals surface area contributed by atoms with Crippen LogP contribution in [0.3, 0.4) is 0 Å². The molecule has 5 rings (SSSR count). The van der Waals surface area contributed by atoms with Gasteiger partial charge in [-0.1, -0.05) is 59.7 Å². The Kier molecular flexibility index (Phi) is 13.5. The molecule has 2 aromatic rings. The molecule has 232 valence electrons. The van der Waals surface area contributed by atoms with Crippen LogP contribution in [0, 0.1) is 5.82 Å². The molecule has 11 heteroatoms. The first-order chi connectivity index (χ1) is 20.3. The highest BCUT2D eigenvalue weighted by Gasteiger charge is 2.40. The van der Waals surface area contributed by atoms with Crippen LogP contribution in [0.5, 0.6) is 5.75 Å². The summed E-state index contributed by atoms with van der Waals surface area (Å²) in [5.41, 5.74) is 1.17. The summed E-state index contributed by atoms with van der Waals surface area (Å²) in [6, 6.07) is 8.13. The van der Waals surface area contributed by atoms with Crippen molar-refractivity contribution in [1.29, 1.82) is 0 Å². The largest absolute Gasteiger partial charge is 0.488 e. The molecule has 0 spiro atoms. The predicted molar refractivity (Wildman–Crippen MR) is 156 cm³/mol. The van der Waals surface area contributed by atoms with E-state index in [1.165, 1.54) is 21.9 Å². The topological polar surface area (TPSA) is 129 Å². The number of fused-ring (bicyclic) bond motifs is 1. The lowest BCUT2D eigenvalue weighted by molar-refractivity contribution is -0.287. The van der Waals surface area contributed by atoms with Crippen LogP contribution in [0.4, 0.5) is 4.39 Å². The van der Waals surface area contributed by atoms with E-state index >= 15 is 0 Å². The Morgan fingerprint density at radius 2 is 1.69 bits per heavy atom. The fraction of sp³-hybridized carbons (Fsp3) is 0.516. The van der Waals surface area contributed by atoms with E-state index in [9.17, 15) is 29.0 Å². The van der Waals surface area contributed by atoms with Crippen LogP contribution in [-0.2, 0) is 33.4 Å². The molecule has 0 aromatic heterocycles. The Bertz CT molecular complexity index is 1220. The number of ether oxygens (including phenoxy) is 2. The third-order valence-electron chi connectivity index (χ3n) is 6.81. The second-order valence-corrected chi connectivity index (χ2v) is 9.01. The van der Waals surface area contributed by atoms with Crippen LogP contribution in [0.15, 0.2) is 36.4 Å². The Morgan fingerprint density at radius 3 is 2.31 bits per heavy atom. The molecule has 3 aliphatic rings. The van der Waals surface area contributed by atoms with Gasteiger partial charge in [-0.15, -0.1) is 0 Å². The summed E-state index contributed by atoms with van der Waals surface area (Å²) in [7, 11) is 0. The molecule has 0 radical (unpaired) electrons. The van der Waals surface area contributed by atoms with E-state index < -0.39 is 23.7 Å². The van der Waals surface area contributed by atoms with E-state index in [0.717, 1.165) is 6.07 Å². The van der Waals surface area contributed by atoms with Gasteiger partial charge in [-0.05, 0) is 24.6 Å². The lowest BCUT2D eigenvalue weighted by Crippen LogP contribution is -2.52. The number of imide groups is 1. The van der Waals surface area contributed by atoms with Crippen molar-refractivity contribution < 1.29 is 38.5 Å². The Morgan fingerprint density at radius 1 is 1.02 bits per heavy atom. The summed E-state index contributed by atoms with van der Waals surface area (Å²) in [4.78, 5) is 39.5. The number of nitrogens with zero attached hydrogens (tertiary/aromatic N) is 2. The first-order valence-electron chi connectivity index (χ1n) is 14.7. The minimum atomic E-state index is -2.33. The molecule has 1 atom stereocenters. The van der Waals surface area contributed by atoms with E-state index in [4.69, 9.17) is 9.47 Å². The molecule has 0 aliphatic carbocycles. The van der Waals surface area contributed by atoms with Crippen LogP contribution in [0.1, 0.15) is 81.4 Å². The minimum Gasteiger partial charge on any atom is -0.488 e. The summed E-state index contributed by atoms with van der Waals surface area (Å²) >= 11 is 0. The molecule has 3 aliphatic heterocycles. The quantitative estimate of drug-likeness (QED) is 0.344. The monoisotopic (exact) mass is 589 g/mol. The summed E-state index contributed by atoms with van der Waals surface area (Å²) in [6.45, 7) is 13.3. The molecule has 3 heterocycles. The number of hydrogen-bond acceptors (Lipinski definition) is 8. The first-order valence-corrected chi connectivity index (χ1v) is 14.7. The third kappa shape index (κ3) is 7.71. The van der Waals surface area contributed by atoms with Crippen molar-refractivity contribution in [3.05, 3.63) is 64.5 Å². The smallest absolute Gasteiger partial charge is 0.255 e. The maximum atomic E-state index is 14.9. The predicted octanol–water partition coefficient (Wildman–Crippen LogP) is 3.67. The summed E-state index contributed by atoms with van der Waals surface area (Å²) < 4.78 is 26.0. The van der Waals surface area contributed by atoms with Gasteiger partial charge in [0, 0.05) is 41.8 Å². The van der Waals surface area contributed by atoms with Crippen LogP contribution >= 0.6 is 0 Å². The number of halogens is 1. The zero-order valence-electron chi connectivity index (χ0n) is 25.4. The summed E-state index contributed by atoms with van der Waals surface area (Å²) in [5, 5.41) is 23.4. The lowest BCUT2D eigenvalue weighted by Gasteiger charge is -2.37. The Labute approximate surface area is 247 Å². The molecule has 0 saturated carbocycles. The van der Waals surface area contributed by atoms with Gasteiger partial charge in [-0.25, -0.2) is 9.29 Å². The van der Waals surface area contributed by atoms with Crippen molar-refractivity contribution in [2.45, 2.75) is 79.5 Å². The number of piperidine rings is 1. The van der Waals surface area contributed by atoms with Crippen molar-refractivity contribution >= 4 is 17.7 Å². The second kappa shape index (κ2) is 16.3. The highest BCUT2D eigenvalue weighted by atomic mass is 19.1. The van der Waals surface area contributed by atoms with Gasteiger partial charge in [0.15, 0.2) is 0 Å². The van der Waals surface area contributed by atoms with E-state index in [0.29, 0.717) is 43.2 Å². The lowest BCUT2D eigenvalue weighted by atomic mass is 10.0. The van der Waals surface area contributed by atoms with Gasteiger partial charge in [-0.2, -0.15) is 0 Å². The molecule has 2 aromatic carbocycles. The van der Waals surface area contributed by atoms with Gasteiger partial charge in [0.05, 0.1) is 19.8 Å². The van der Waals surface area contributed by atoms with Gasteiger partial charge < -0.3 is 24.6 Å². The van der Waals surface area contributed by atoms with Gasteiger partial charge in [0.25, 0.3) is 11.8 Å². The van der Waals surface area contributed by atoms with Gasteiger partial charge in [0.2, 0.25) is 11.8 Å². The maximum Gasteiger partial charge on any atom is 0.255 e. The van der Waals surface area contributed by atoms with E-state index in [1.807, 2.05) is 41.5 Å². The number of morpholine rings is 1. The van der Waals surface area contributed by atoms with E-state index in [1.54, 1.807) is 18.2 Å². The fourth-order valence-corrected chi connectivity index (χ4v) is 4.78. The van der Waals surface area contributed by atoms with E-state index in [-0.39, 0.29) is 48.9 Å². The number of carbonyl (C=O) groups excluding carboxylic acids is 3. The fourth-order valence-electron chi connectivity index (χ4n) is 4.78. The van der Waals surface area contributed by atoms with Crippen molar-refractivity contribution in [2.75, 3.05) is 26.3 Å². The number of benzene rings is 2. The summed E-state index contributed by atoms with van der Waals surface area (Å²) in [5.74, 6) is -3.80. The SMILES string of the molecule is CC.CC.CC.O=C1CCC(N2Cc3c(OCc4ccc(C(O)(O)N5CCOCC5)cc4F)cccc3C2=O)C(=O)N1. The average Bonchev–Trinajstić information content (AvgIpc) is 3.36. The Hall–Kier alpha value is -3.38. The van der Waals surface area contributed by atoms with Crippen molar-refractivity contribution in [2.24, 2.45) is 0 Å². The molecule has 1 unspecified atom stereocenters. The van der Waals surface area contributed by atoms with Crippen LogP contribution in [0.25, 0.3) is 0 Å². The second-order valence-electron chi connectivity index (χ2n) is 9.01. The van der Waals surface area contributed by atoms with Crippen molar-refractivity contribution in [3.8, 4) is 5.75 Å². The number of carbonyl (C=O) groups is 3. The van der Waals surface area contributed by atoms with Crippen molar-refractivity contribution in [1.82, 2.24) is 15.1 Å². The van der Waals surface area contributed by atoms with Crippen LogP contribution < -0.4 is 10.1 Å². The number of rotatable bonds is 6. The molecular weight excluding hydrogens is 545 g/mol. The van der Waals surface area contributed by atoms with Gasteiger partial charge >= 0.3 is 0 Å². The third-order valence-corrected chi connectivity index (χ3v) is 6.81. The number of hydrogen-bond donors (Lipinski definition) is 3. The molecule has 42 heavy (non-hydrogen) atoms. The summed E-state index contributed by atoms with van der Waals surface area (Å²) in [6.07, 6.45) is 0.406. The van der Waals surface area contributed by atoms with Crippen molar-refractivity contribution in [3.63, 3.8) is 0 Å². The first kappa shape index (κ1) is 34.8. The highest BCUT2D eigenvalue weighted by Crippen LogP contribution is 2.34. The Balaban J connectivity index is 0.000000966. The molecule has 2 fully saturated rings. The molecule has 3 N–H and O–H groups in total. The molecule has 10 nitrogen and oxygen atoms in total.